The van der Waals surface area contributed by atoms with E-state index in [-0.39, 0.29) is 6.54 Å². The third-order valence-corrected chi connectivity index (χ3v) is 2.45. The Hall–Kier alpha value is -1.10. The number of hydrogen-bond donors (Lipinski definition) is 2. The molecule has 0 unspecified atom stereocenters. The number of thiazole rings is 1. The third-order valence-electron chi connectivity index (χ3n) is 1.42. The van der Waals surface area contributed by atoms with Gasteiger partial charge in [-0.05, 0) is 13.8 Å². The van der Waals surface area contributed by atoms with Crippen LogP contribution in [-0.4, -0.2) is 22.6 Å². The number of carboxylic acids is 1. The van der Waals surface area contributed by atoms with Gasteiger partial charge < -0.3 is 10.4 Å². The molecule has 1 heterocycles. The van der Waals surface area contributed by atoms with E-state index in [0.717, 1.165) is 10.6 Å². The minimum Gasteiger partial charge on any atom is -0.480 e. The van der Waals surface area contributed by atoms with Crippen molar-refractivity contribution in [3.05, 3.63) is 10.6 Å². The van der Waals surface area contributed by atoms with Crippen LogP contribution in [0.4, 0.5) is 5.13 Å². The van der Waals surface area contributed by atoms with Crippen LogP contribution in [0.25, 0.3) is 0 Å². The molecule has 0 aliphatic heterocycles. The van der Waals surface area contributed by atoms with Crippen LogP contribution < -0.4 is 5.32 Å². The van der Waals surface area contributed by atoms with Crippen LogP contribution in [0.2, 0.25) is 0 Å². The highest BCUT2D eigenvalue weighted by Crippen LogP contribution is 2.20. The molecule has 12 heavy (non-hydrogen) atoms. The van der Waals surface area contributed by atoms with Gasteiger partial charge >= 0.3 is 5.97 Å². The number of nitrogens with zero attached hydrogens (tertiary/aromatic N) is 1. The number of anilines is 1. The summed E-state index contributed by atoms with van der Waals surface area (Å²) in [6, 6.07) is 0. The quantitative estimate of drug-likeness (QED) is 0.746. The van der Waals surface area contributed by atoms with Crippen LogP contribution in [-0.2, 0) is 4.79 Å². The van der Waals surface area contributed by atoms with Gasteiger partial charge in [0.05, 0.1) is 5.69 Å². The molecule has 0 spiro atoms. The number of aryl methyl sites for hydroxylation is 2. The van der Waals surface area contributed by atoms with Gasteiger partial charge in [0, 0.05) is 4.88 Å². The van der Waals surface area contributed by atoms with E-state index in [4.69, 9.17) is 5.11 Å². The first kappa shape index (κ1) is 8.99. The minimum atomic E-state index is -0.875. The summed E-state index contributed by atoms with van der Waals surface area (Å²) in [6.45, 7) is 3.78. The van der Waals surface area contributed by atoms with Crippen LogP contribution in [0.1, 0.15) is 10.6 Å². The van der Waals surface area contributed by atoms with E-state index in [9.17, 15) is 4.79 Å². The van der Waals surface area contributed by atoms with Gasteiger partial charge in [0.1, 0.15) is 6.54 Å². The molecular weight excluding hydrogens is 176 g/mol. The van der Waals surface area contributed by atoms with Crippen LogP contribution in [0.5, 0.6) is 0 Å². The summed E-state index contributed by atoms with van der Waals surface area (Å²) in [7, 11) is 0. The Morgan fingerprint density at radius 1 is 1.67 bits per heavy atom. The second kappa shape index (κ2) is 3.53. The highest BCUT2D eigenvalue weighted by atomic mass is 32.1. The van der Waals surface area contributed by atoms with Crippen LogP contribution >= 0.6 is 11.3 Å². The van der Waals surface area contributed by atoms with Crippen molar-refractivity contribution in [2.24, 2.45) is 0 Å². The predicted molar refractivity (Wildman–Crippen MR) is 47.7 cm³/mol. The monoisotopic (exact) mass is 186 g/mol. The van der Waals surface area contributed by atoms with Gasteiger partial charge in [-0.25, -0.2) is 4.98 Å². The zero-order valence-electron chi connectivity index (χ0n) is 6.92. The van der Waals surface area contributed by atoms with Gasteiger partial charge in [0.15, 0.2) is 5.13 Å². The van der Waals surface area contributed by atoms with Crippen molar-refractivity contribution in [1.82, 2.24) is 4.98 Å². The zero-order valence-corrected chi connectivity index (χ0v) is 7.73. The summed E-state index contributed by atoms with van der Waals surface area (Å²) < 4.78 is 0. The van der Waals surface area contributed by atoms with Crippen LogP contribution in [0.3, 0.4) is 0 Å². The number of aromatic nitrogens is 1. The molecule has 4 nitrogen and oxygen atoms in total. The first-order valence-corrected chi connectivity index (χ1v) is 4.31. The number of rotatable bonds is 3. The molecule has 1 rings (SSSR count). The summed E-state index contributed by atoms with van der Waals surface area (Å²) in [5.41, 5.74) is 0.952. The van der Waals surface area contributed by atoms with Crippen LogP contribution in [0, 0.1) is 13.8 Å². The van der Waals surface area contributed by atoms with Gasteiger partial charge in [-0.3, -0.25) is 4.79 Å². The lowest BCUT2D eigenvalue weighted by Crippen LogP contribution is -2.11. The highest BCUT2D eigenvalue weighted by molar-refractivity contribution is 7.15. The molecule has 0 atom stereocenters. The van der Waals surface area contributed by atoms with E-state index < -0.39 is 5.97 Å². The lowest BCUT2D eigenvalue weighted by atomic mass is 10.4. The molecule has 0 aliphatic rings. The second-order valence-corrected chi connectivity index (χ2v) is 3.61. The van der Waals surface area contributed by atoms with Crippen molar-refractivity contribution in [3.63, 3.8) is 0 Å². The number of carboxylic acid groups (broad SMARTS) is 1. The van der Waals surface area contributed by atoms with Crippen molar-refractivity contribution in [1.29, 1.82) is 0 Å². The molecule has 0 amide bonds. The van der Waals surface area contributed by atoms with Crippen molar-refractivity contribution in [2.75, 3.05) is 11.9 Å². The summed E-state index contributed by atoms with van der Waals surface area (Å²) in [5, 5.41) is 11.8. The van der Waals surface area contributed by atoms with Crippen molar-refractivity contribution in [3.8, 4) is 0 Å². The normalized spacial score (nSPS) is 9.83. The molecule has 0 fully saturated rings. The summed E-state index contributed by atoms with van der Waals surface area (Å²) in [4.78, 5) is 15.4. The fourth-order valence-electron chi connectivity index (χ4n) is 0.700. The molecule has 0 saturated carbocycles. The minimum absolute atomic E-state index is 0.0770. The van der Waals surface area contributed by atoms with Crippen molar-refractivity contribution >= 4 is 22.4 Å². The number of aliphatic carboxylic acids is 1. The number of carbonyl (C=O) groups is 1. The molecule has 1 aromatic rings. The van der Waals surface area contributed by atoms with E-state index in [0.29, 0.717) is 5.13 Å². The topological polar surface area (TPSA) is 62.2 Å². The Balaban J connectivity index is 2.58. The van der Waals surface area contributed by atoms with E-state index in [1.54, 1.807) is 0 Å². The van der Waals surface area contributed by atoms with E-state index >= 15 is 0 Å². The summed E-state index contributed by atoms with van der Waals surface area (Å²) in [5.74, 6) is -0.875. The molecule has 0 radical (unpaired) electrons. The number of hydrogen-bond acceptors (Lipinski definition) is 4. The van der Waals surface area contributed by atoms with Crippen molar-refractivity contribution in [2.45, 2.75) is 13.8 Å². The van der Waals surface area contributed by atoms with E-state index in [1.807, 2.05) is 13.8 Å². The van der Waals surface area contributed by atoms with E-state index in [1.165, 1.54) is 11.3 Å². The summed E-state index contributed by atoms with van der Waals surface area (Å²) >= 11 is 1.47. The zero-order chi connectivity index (χ0) is 9.14. The SMILES string of the molecule is Cc1nc(NCC(=O)O)sc1C. The molecule has 2 N–H and O–H groups in total. The van der Waals surface area contributed by atoms with Gasteiger partial charge in [-0.1, -0.05) is 0 Å². The number of nitrogens with one attached hydrogen (secondary N) is 1. The maximum Gasteiger partial charge on any atom is 0.322 e. The fourth-order valence-corrected chi connectivity index (χ4v) is 1.51. The molecule has 0 bridgehead atoms. The first-order chi connectivity index (χ1) is 5.59. The Morgan fingerprint density at radius 2 is 2.33 bits per heavy atom. The Labute approximate surface area is 74.3 Å². The Morgan fingerprint density at radius 3 is 2.75 bits per heavy atom. The molecule has 1 aromatic heterocycles. The van der Waals surface area contributed by atoms with E-state index in [2.05, 4.69) is 10.3 Å². The second-order valence-electron chi connectivity index (χ2n) is 2.41. The highest BCUT2D eigenvalue weighted by Gasteiger charge is 2.03. The first-order valence-electron chi connectivity index (χ1n) is 3.49. The predicted octanol–water partition coefficient (Wildman–Crippen LogP) is 1.26. The molecular formula is C7H10N2O2S. The van der Waals surface area contributed by atoms with Gasteiger partial charge in [-0.2, -0.15) is 0 Å². The lowest BCUT2D eigenvalue weighted by molar-refractivity contribution is -0.134. The molecule has 66 valence electrons. The standard InChI is InChI=1S/C7H10N2O2S/c1-4-5(2)12-7(9-4)8-3-6(10)11/h3H2,1-2H3,(H,8,9)(H,10,11). The fraction of sp³-hybridized carbons (Fsp3) is 0.429. The molecule has 0 saturated heterocycles. The third kappa shape index (κ3) is 2.20. The largest absolute Gasteiger partial charge is 0.480 e. The average molecular weight is 186 g/mol. The smallest absolute Gasteiger partial charge is 0.322 e. The Kier molecular flexibility index (Phi) is 2.65. The van der Waals surface area contributed by atoms with Gasteiger partial charge in [0.25, 0.3) is 0 Å². The van der Waals surface area contributed by atoms with Gasteiger partial charge in [0.2, 0.25) is 0 Å². The summed E-state index contributed by atoms with van der Waals surface area (Å²) in [6.07, 6.45) is 0. The maximum absolute atomic E-state index is 10.2. The van der Waals surface area contributed by atoms with Gasteiger partial charge in [-0.15, -0.1) is 11.3 Å². The van der Waals surface area contributed by atoms with Crippen LogP contribution in [0.15, 0.2) is 0 Å². The average Bonchev–Trinajstić information content (AvgIpc) is 2.28. The molecule has 5 heteroatoms. The van der Waals surface area contributed by atoms with Crippen molar-refractivity contribution < 1.29 is 9.90 Å². The molecule has 0 aliphatic carbocycles. The lowest BCUT2D eigenvalue weighted by Gasteiger charge is -1.94. The molecule has 0 aromatic carbocycles. The Bertz CT molecular complexity index is 276. The maximum atomic E-state index is 10.2.